The van der Waals surface area contributed by atoms with E-state index in [9.17, 15) is 4.79 Å². The maximum atomic E-state index is 11.1. The molecule has 0 spiro atoms. The molecule has 0 amide bonds. The van der Waals surface area contributed by atoms with Gasteiger partial charge in [0.2, 0.25) is 0 Å². The number of carbonyl (C=O) groups is 1. The van der Waals surface area contributed by atoms with Gasteiger partial charge in [-0.3, -0.25) is 0 Å². The van der Waals surface area contributed by atoms with Crippen molar-refractivity contribution in [2.45, 2.75) is 26.3 Å². The number of benzene rings is 1. The second kappa shape index (κ2) is 6.13. The van der Waals surface area contributed by atoms with Gasteiger partial charge in [-0.2, -0.15) is 0 Å². The molecule has 0 aliphatic heterocycles. The Hall–Kier alpha value is -1.71. The van der Waals surface area contributed by atoms with Crippen molar-refractivity contribution >= 4 is 11.7 Å². The molecule has 1 rings (SSSR count). The fourth-order valence-corrected chi connectivity index (χ4v) is 1.81. The van der Waals surface area contributed by atoms with Gasteiger partial charge in [-0.05, 0) is 25.5 Å². The SMILES string of the molecule is CCOc1ccccc1N(C)[C@@H](CC)C(=O)O. The molecule has 0 bridgehead atoms. The molecule has 1 atom stereocenters. The number of anilines is 1. The summed E-state index contributed by atoms with van der Waals surface area (Å²) in [6.45, 7) is 4.33. The van der Waals surface area contributed by atoms with Crippen LogP contribution in [-0.2, 0) is 4.79 Å². The first-order chi connectivity index (χ1) is 8.11. The lowest BCUT2D eigenvalue weighted by Crippen LogP contribution is -2.38. The molecule has 0 aliphatic rings. The predicted octanol–water partition coefficient (Wildman–Crippen LogP) is 2.38. The van der Waals surface area contributed by atoms with E-state index in [1.807, 2.05) is 38.1 Å². The van der Waals surface area contributed by atoms with Gasteiger partial charge in [0.15, 0.2) is 0 Å². The van der Waals surface area contributed by atoms with Gasteiger partial charge in [0.25, 0.3) is 0 Å². The summed E-state index contributed by atoms with van der Waals surface area (Å²) < 4.78 is 5.50. The number of para-hydroxylation sites is 2. The number of rotatable bonds is 6. The van der Waals surface area contributed by atoms with Gasteiger partial charge in [-0.15, -0.1) is 0 Å². The van der Waals surface area contributed by atoms with Gasteiger partial charge >= 0.3 is 5.97 Å². The van der Waals surface area contributed by atoms with Crippen LogP contribution in [0.1, 0.15) is 20.3 Å². The van der Waals surface area contributed by atoms with Crippen LogP contribution in [0.15, 0.2) is 24.3 Å². The highest BCUT2D eigenvalue weighted by Gasteiger charge is 2.22. The lowest BCUT2D eigenvalue weighted by Gasteiger charge is -2.27. The van der Waals surface area contributed by atoms with E-state index in [-0.39, 0.29) is 0 Å². The van der Waals surface area contributed by atoms with Crippen LogP contribution < -0.4 is 9.64 Å². The lowest BCUT2D eigenvalue weighted by atomic mass is 10.1. The molecular formula is C13H19NO3. The first-order valence-electron chi connectivity index (χ1n) is 5.79. The molecule has 4 heteroatoms. The highest BCUT2D eigenvalue weighted by atomic mass is 16.5. The minimum absolute atomic E-state index is 0.531. The quantitative estimate of drug-likeness (QED) is 0.825. The van der Waals surface area contributed by atoms with Gasteiger partial charge in [-0.1, -0.05) is 19.1 Å². The van der Waals surface area contributed by atoms with E-state index in [0.29, 0.717) is 13.0 Å². The van der Waals surface area contributed by atoms with Crippen LogP contribution in [0.2, 0.25) is 0 Å². The molecule has 0 aromatic heterocycles. The van der Waals surface area contributed by atoms with Crippen LogP contribution in [0.25, 0.3) is 0 Å². The predicted molar refractivity (Wildman–Crippen MR) is 67.7 cm³/mol. The van der Waals surface area contributed by atoms with E-state index in [1.165, 1.54) is 0 Å². The van der Waals surface area contributed by atoms with Crippen LogP contribution in [0, 0.1) is 0 Å². The number of carboxylic acids is 1. The van der Waals surface area contributed by atoms with Crippen molar-refractivity contribution in [1.29, 1.82) is 0 Å². The normalized spacial score (nSPS) is 11.9. The average molecular weight is 237 g/mol. The molecule has 0 fully saturated rings. The van der Waals surface area contributed by atoms with Crippen molar-refractivity contribution in [3.8, 4) is 5.75 Å². The summed E-state index contributed by atoms with van der Waals surface area (Å²) in [5, 5.41) is 9.14. The molecular weight excluding hydrogens is 218 g/mol. The number of hydrogen-bond acceptors (Lipinski definition) is 3. The van der Waals surface area contributed by atoms with E-state index in [2.05, 4.69) is 0 Å². The average Bonchev–Trinajstić information content (AvgIpc) is 2.30. The Labute approximate surface area is 102 Å². The van der Waals surface area contributed by atoms with Crippen LogP contribution in [0.4, 0.5) is 5.69 Å². The van der Waals surface area contributed by atoms with Crippen LogP contribution in [-0.4, -0.2) is 30.8 Å². The Morgan fingerprint density at radius 1 is 1.41 bits per heavy atom. The molecule has 0 saturated carbocycles. The van der Waals surface area contributed by atoms with E-state index in [1.54, 1.807) is 11.9 Å². The molecule has 0 aliphatic carbocycles. The van der Waals surface area contributed by atoms with Crippen molar-refractivity contribution in [1.82, 2.24) is 0 Å². The summed E-state index contributed by atoms with van der Waals surface area (Å²) in [6.07, 6.45) is 0.548. The molecule has 0 heterocycles. The highest BCUT2D eigenvalue weighted by molar-refractivity contribution is 5.79. The van der Waals surface area contributed by atoms with E-state index in [4.69, 9.17) is 9.84 Å². The summed E-state index contributed by atoms with van der Waals surface area (Å²) in [7, 11) is 1.78. The Bertz CT molecular complexity index is 379. The number of hydrogen-bond donors (Lipinski definition) is 1. The molecule has 0 radical (unpaired) electrons. The molecule has 4 nitrogen and oxygen atoms in total. The Balaban J connectivity index is 3.01. The van der Waals surface area contributed by atoms with Crippen molar-refractivity contribution in [2.24, 2.45) is 0 Å². The number of aliphatic carboxylic acids is 1. The molecule has 1 aromatic carbocycles. The van der Waals surface area contributed by atoms with E-state index in [0.717, 1.165) is 11.4 Å². The fraction of sp³-hybridized carbons (Fsp3) is 0.462. The van der Waals surface area contributed by atoms with Gasteiger partial charge in [0.1, 0.15) is 11.8 Å². The zero-order valence-corrected chi connectivity index (χ0v) is 10.5. The first kappa shape index (κ1) is 13.4. The zero-order chi connectivity index (χ0) is 12.8. The molecule has 0 saturated heterocycles. The highest BCUT2D eigenvalue weighted by Crippen LogP contribution is 2.29. The standard InChI is InChI=1S/C13H19NO3/c1-4-10(13(15)16)14(3)11-8-6-7-9-12(11)17-5-2/h6-10H,4-5H2,1-3H3,(H,15,16)/t10-/m0/s1. The van der Waals surface area contributed by atoms with E-state index >= 15 is 0 Å². The summed E-state index contributed by atoms with van der Waals surface area (Å²) in [6, 6.07) is 6.95. The van der Waals surface area contributed by atoms with E-state index < -0.39 is 12.0 Å². The lowest BCUT2D eigenvalue weighted by molar-refractivity contribution is -0.138. The number of carboxylic acid groups (broad SMARTS) is 1. The fourth-order valence-electron chi connectivity index (χ4n) is 1.81. The smallest absolute Gasteiger partial charge is 0.326 e. The monoisotopic (exact) mass is 237 g/mol. The van der Waals surface area contributed by atoms with Gasteiger partial charge in [-0.25, -0.2) is 4.79 Å². The summed E-state index contributed by atoms with van der Waals surface area (Å²) in [4.78, 5) is 12.9. The third kappa shape index (κ3) is 3.12. The molecule has 0 unspecified atom stereocenters. The molecule has 1 N–H and O–H groups in total. The molecule has 1 aromatic rings. The number of ether oxygens (including phenoxy) is 1. The van der Waals surface area contributed by atoms with Gasteiger partial charge < -0.3 is 14.7 Å². The van der Waals surface area contributed by atoms with Gasteiger partial charge in [0.05, 0.1) is 12.3 Å². The topological polar surface area (TPSA) is 49.8 Å². The van der Waals surface area contributed by atoms with Crippen LogP contribution >= 0.6 is 0 Å². The maximum absolute atomic E-state index is 11.1. The Morgan fingerprint density at radius 3 is 2.59 bits per heavy atom. The second-order valence-corrected chi connectivity index (χ2v) is 3.77. The van der Waals surface area contributed by atoms with Crippen LogP contribution in [0.3, 0.4) is 0 Å². The van der Waals surface area contributed by atoms with Crippen molar-refractivity contribution in [3.63, 3.8) is 0 Å². The number of nitrogens with zero attached hydrogens (tertiary/aromatic N) is 1. The minimum atomic E-state index is -0.818. The summed E-state index contributed by atoms with van der Waals surface area (Å²) >= 11 is 0. The van der Waals surface area contributed by atoms with Crippen molar-refractivity contribution in [3.05, 3.63) is 24.3 Å². The number of likely N-dealkylation sites (N-methyl/N-ethyl adjacent to an activating group) is 1. The largest absolute Gasteiger partial charge is 0.492 e. The zero-order valence-electron chi connectivity index (χ0n) is 10.5. The first-order valence-corrected chi connectivity index (χ1v) is 5.79. The summed E-state index contributed by atoms with van der Waals surface area (Å²) in [5.41, 5.74) is 0.809. The van der Waals surface area contributed by atoms with Crippen molar-refractivity contribution < 1.29 is 14.6 Å². The molecule has 94 valence electrons. The Kier molecular flexibility index (Phi) is 4.82. The third-order valence-electron chi connectivity index (χ3n) is 2.68. The van der Waals surface area contributed by atoms with Gasteiger partial charge in [0, 0.05) is 7.05 Å². The molecule has 17 heavy (non-hydrogen) atoms. The van der Waals surface area contributed by atoms with Crippen LogP contribution in [0.5, 0.6) is 5.75 Å². The third-order valence-corrected chi connectivity index (χ3v) is 2.68. The minimum Gasteiger partial charge on any atom is -0.492 e. The summed E-state index contributed by atoms with van der Waals surface area (Å²) in [5.74, 6) is -0.0986. The maximum Gasteiger partial charge on any atom is 0.326 e. The van der Waals surface area contributed by atoms with Crippen molar-refractivity contribution in [2.75, 3.05) is 18.6 Å². The second-order valence-electron chi connectivity index (χ2n) is 3.77. The Morgan fingerprint density at radius 2 is 2.06 bits per heavy atom.